The average molecular weight is 501 g/mol. The SMILES string of the molecule is C=CCn1c(SCC(=O)Nc2sc(C)c(C)c2C(=O)OCC)nnc1-c1ccccc1OCC. The number of para-hydroxylation sites is 1. The first kappa shape index (κ1) is 25.5. The van der Waals surface area contributed by atoms with E-state index in [0.29, 0.717) is 40.4 Å². The van der Waals surface area contributed by atoms with Gasteiger partial charge in [-0.15, -0.1) is 28.1 Å². The van der Waals surface area contributed by atoms with Crippen molar-refractivity contribution in [1.29, 1.82) is 0 Å². The minimum atomic E-state index is -0.435. The maximum Gasteiger partial charge on any atom is 0.341 e. The van der Waals surface area contributed by atoms with Gasteiger partial charge in [0.05, 0.1) is 30.1 Å². The quantitative estimate of drug-likeness (QED) is 0.222. The molecule has 8 nitrogen and oxygen atoms in total. The summed E-state index contributed by atoms with van der Waals surface area (Å²) in [6.45, 7) is 12.5. The Balaban J connectivity index is 1.78. The molecule has 0 spiro atoms. The third-order valence-corrected chi connectivity index (χ3v) is 7.00. The average Bonchev–Trinajstić information content (AvgIpc) is 3.33. The number of hydrogen-bond donors (Lipinski definition) is 1. The number of benzene rings is 1. The van der Waals surface area contributed by atoms with Crippen molar-refractivity contribution >= 4 is 40.0 Å². The molecule has 0 fully saturated rings. The normalized spacial score (nSPS) is 10.7. The Morgan fingerprint density at radius 1 is 1.21 bits per heavy atom. The van der Waals surface area contributed by atoms with Gasteiger partial charge in [0.2, 0.25) is 5.91 Å². The first-order chi connectivity index (χ1) is 16.4. The van der Waals surface area contributed by atoms with E-state index in [0.717, 1.165) is 16.0 Å². The van der Waals surface area contributed by atoms with Crippen LogP contribution in [0.5, 0.6) is 5.75 Å². The number of allylic oxidation sites excluding steroid dienone is 1. The molecule has 1 N–H and O–H groups in total. The predicted octanol–water partition coefficient (Wildman–Crippen LogP) is 5.12. The lowest BCUT2D eigenvalue weighted by molar-refractivity contribution is -0.113. The summed E-state index contributed by atoms with van der Waals surface area (Å²) in [6, 6.07) is 7.63. The number of nitrogens with zero attached hydrogens (tertiary/aromatic N) is 3. The highest BCUT2D eigenvalue weighted by Gasteiger charge is 2.23. The van der Waals surface area contributed by atoms with E-state index in [1.54, 1.807) is 13.0 Å². The molecule has 0 aliphatic heterocycles. The number of nitrogens with one attached hydrogen (secondary N) is 1. The molecule has 3 rings (SSSR count). The molecule has 1 amide bonds. The topological polar surface area (TPSA) is 95.3 Å². The van der Waals surface area contributed by atoms with E-state index in [4.69, 9.17) is 9.47 Å². The van der Waals surface area contributed by atoms with Crippen molar-refractivity contribution in [3.05, 3.63) is 52.9 Å². The molecule has 0 aliphatic carbocycles. The third-order valence-electron chi connectivity index (χ3n) is 4.91. The fraction of sp³-hybridized carbons (Fsp3) is 0.333. The van der Waals surface area contributed by atoms with E-state index in [1.165, 1.54) is 23.1 Å². The van der Waals surface area contributed by atoms with Crippen molar-refractivity contribution in [3.63, 3.8) is 0 Å². The second-order valence-electron chi connectivity index (χ2n) is 7.18. The molecular formula is C24H28N4O4S2. The number of aromatic nitrogens is 3. The molecule has 0 unspecified atom stereocenters. The lowest BCUT2D eigenvalue weighted by Gasteiger charge is -2.11. The second-order valence-corrected chi connectivity index (χ2v) is 9.35. The summed E-state index contributed by atoms with van der Waals surface area (Å²) < 4.78 is 12.8. The van der Waals surface area contributed by atoms with Gasteiger partial charge in [0, 0.05) is 11.4 Å². The zero-order valence-electron chi connectivity index (χ0n) is 19.7. The number of carbonyl (C=O) groups is 2. The van der Waals surface area contributed by atoms with Gasteiger partial charge in [-0.05, 0) is 45.4 Å². The molecule has 180 valence electrons. The molecular weight excluding hydrogens is 472 g/mol. The monoisotopic (exact) mass is 500 g/mol. The van der Waals surface area contributed by atoms with Crippen molar-refractivity contribution in [3.8, 4) is 17.1 Å². The van der Waals surface area contributed by atoms with E-state index >= 15 is 0 Å². The third kappa shape index (κ3) is 5.68. The summed E-state index contributed by atoms with van der Waals surface area (Å²) >= 11 is 2.62. The van der Waals surface area contributed by atoms with Gasteiger partial charge in [-0.1, -0.05) is 30.0 Å². The first-order valence-corrected chi connectivity index (χ1v) is 12.7. The Morgan fingerprint density at radius 3 is 2.68 bits per heavy atom. The zero-order chi connectivity index (χ0) is 24.7. The maximum absolute atomic E-state index is 12.7. The van der Waals surface area contributed by atoms with Gasteiger partial charge >= 0.3 is 5.97 Å². The van der Waals surface area contributed by atoms with E-state index < -0.39 is 5.97 Å². The lowest BCUT2D eigenvalue weighted by Crippen LogP contribution is -2.17. The number of aryl methyl sites for hydroxylation is 1. The standard InChI is InChI=1S/C24H28N4O4S2/c1-6-13-28-21(17-11-9-10-12-18(17)31-7-2)26-27-24(28)33-14-19(29)25-22-20(23(30)32-8-3)15(4)16(5)34-22/h6,9-12H,1,7-8,13-14H2,2-5H3,(H,25,29). The highest BCUT2D eigenvalue weighted by Crippen LogP contribution is 2.34. The fourth-order valence-electron chi connectivity index (χ4n) is 3.28. The molecule has 34 heavy (non-hydrogen) atoms. The van der Waals surface area contributed by atoms with Gasteiger partial charge < -0.3 is 14.8 Å². The van der Waals surface area contributed by atoms with Crippen molar-refractivity contribution < 1.29 is 19.1 Å². The molecule has 3 aromatic rings. The van der Waals surface area contributed by atoms with Crippen LogP contribution in [0.3, 0.4) is 0 Å². The van der Waals surface area contributed by atoms with Crippen LogP contribution in [0.1, 0.15) is 34.6 Å². The summed E-state index contributed by atoms with van der Waals surface area (Å²) in [7, 11) is 0. The van der Waals surface area contributed by atoms with Crippen LogP contribution in [0.25, 0.3) is 11.4 Å². The van der Waals surface area contributed by atoms with Gasteiger partial charge in [0.25, 0.3) is 0 Å². The van der Waals surface area contributed by atoms with Crippen molar-refractivity contribution in [2.45, 2.75) is 39.4 Å². The Bertz CT molecular complexity index is 1190. The minimum Gasteiger partial charge on any atom is -0.493 e. The number of thiophene rings is 1. The Morgan fingerprint density at radius 2 is 1.97 bits per heavy atom. The maximum atomic E-state index is 12.7. The lowest BCUT2D eigenvalue weighted by atomic mass is 10.1. The van der Waals surface area contributed by atoms with E-state index in [2.05, 4.69) is 22.1 Å². The number of ether oxygens (including phenoxy) is 2. The van der Waals surface area contributed by atoms with Crippen LogP contribution in [0, 0.1) is 13.8 Å². The van der Waals surface area contributed by atoms with Gasteiger partial charge in [0.1, 0.15) is 10.8 Å². The molecule has 0 saturated heterocycles. The minimum absolute atomic E-state index is 0.0979. The number of esters is 1. The molecule has 0 radical (unpaired) electrons. The summed E-state index contributed by atoms with van der Waals surface area (Å²) in [4.78, 5) is 26.1. The van der Waals surface area contributed by atoms with E-state index in [9.17, 15) is 9.59 Å². The summed E-state index contributed by atoms with van der Waals surface area (Å²) in [6.07, 6.45) is 1.75. The Labute approximate surface area is 207 Å². The first-order valence-electron chi connectivity index (χ1n) is 10.9. The summed E-state index contributed by atoms with van der Waals surface area (Å²) in [5.41, 5.74) is 2.04. The van der Waals surface area contributed by atoms with Gasteiger partial charge in [0.15, 0.2) is 11.0 Å². The number of carbonyl (C=O) groups excluding carboxylic acids is 2. The molecule has 0 atom stereocenters. The van der Waals surface area contributed by atoms with Gasteiger partial charge in [-0.3, -0.25) is 9.36 Å². The van der Waals surface area contributed by atoms with E-state index in [-0.39, 0.29) is 18.3 Å². The van der Waals surface area contributed by atoms with Gasteiger partial charge in [-0.25, -0.2) is 4.79 Å². The highest BCUT2D eigenvalue weighted by molar-refractivity contribution is 7.99. The summed E-state index contributed by atoms with van der Waals surface area (Å²) in [5.74, 6) is 0.769. The van der Waals surface area contributed by atoms with Crippen molar-refractivity contribution in [1.82, 2.24) is 14.8 Å². The largest absolute Gasteiger partial charge is 0.493 e. The molecule has 0 aliphatic rings. The molecule has 10 heteroatoms. The smallest absolute Gasteiger partial charge is 0.341 e. The number of anilines is 1. The van der Waals surface area contributed by atoms with Crippen LogP contribution in [-0.4, -0.2) is 45.6 Å². The molecule has 0 bridgehead atoms. The van der Waals surface area contributed by atoms with Crippen LogP contribution in [-0.2, 0) is 16.1 Å². The number of hydrogen-bond acceptors (Lipinski definition) is 8. The van der Waals surface area contributed by atoms with Crippen LogP contribution >= 0.6 is 23.1 Å². The molecule has 0 saturated carbocycles. The van der Waals surface area contributed by atoms with Crippen molar-refractivity contribution in [2.24, 2.45) is 0 Å². The van der Waals surface area contributed by atoms with Crippen LogP contribution in [0.2, 0.25) is 0 Å². The summed E-state index contributed by atoms with van der Waals surface area (Å²) in [5, 5.41) is 12.6. The Kier molecular flexibility index (Phi) is 8.89. The van der Waals surface area contributed by atoms with Crippen molar-refractivity contribution in [2.75, 3.05) is 24.3 Å². The van der Waals surface area contributed by atoms with Crippen LogP contribution in [0.4, 0.5) is 5.00 Å². The fourth-order valence-corrected chi connectivity index (χ4v) is 5.09. The van der Waals surface area contributed by atoms with Gasteiger partial charge in [-0.2, -0.15) is 0 Å². The predicted molar refractivity (Wildman–Crippen MR) is 136 cm³/mol. The van der Waals surface area contributed by atoms with Crippen LogP contribution in [0.15, 0.2) is 42.1 Å². The molecule has 2 aromatic heterocycles. The number of amides is 1. The second kappa shape index (κ2) is 11.8. The van der Waals surface area contributed by atoms with E-state index in [1.807, 2.05) is 49.6 Å². The Hall–Kier alpha value is -3.11. The highest BCUT2D eigenvalue weighted by atomic mass is 32.2. The number of thioether (sulfide) groups is 1. The zero-order valence-corrected chi connectivity index (χ0v) is 21.3. The molecule has 2 heterocycles. The molecule has 1 aromatic carbocycles. The number of rotatable bonds is 11. The van der Waals surface area contributed by atoms with Crippen LogP contribution < -0.4 is 10.1 Å².